The number of hydrogen-bond donors (Lipinski definition) is 5. The largest absolute Gasteiger partial charge is 0.491 e. The molecule has 0 saturated carbocycles. The third-order valence-electron chi connectivity index (χ3n) is 12.5. The molecular weight excluding hydrogens is 965 g/mol. The molecule has 4 aromatic heterocycles. The third-order valence-corrected chi connectivity index (χ3v) is 13.9. The van der Waals surface area contributed by atoms with Crippen molar-refractivity contribution in [2.75, 3.05) is 42.7 Å². The number of ether oxygens (including phenoxy) is 2. The number of imide groups is 1. The summed E-state index contributed by atoms with van der Waals surface area (Å²) >= 11 is 0. The van der Waals surface area contributed by atoms with Crippen LogP contribution in [0, 0.1) is 13.8 Å². The summed E-state index contributed by atoms with van der Waals surface area (Å²) in [7, 11) is -3.95. The topological polar surface area (TPSA) is 318 Å². The number of fused-ring (bicyclic) bond motifs is 2. The van der Waals surface area contributed by atoms with E-state index in [1.807, 2.05) is 18.4 Å². The number of hydrogen-bond acceptors (Lipinski definition) is 14. The Hall–Kier alpha value is -8.45. The summed E-state index contributed by atoms with van der Waals surface area (Å²) in [5, 5.41) is 14.7. The van der Waals surface area contributed by atoms with E-state index >= 15 is 0 Å². The fourth-order valence-corrected chi connectivity index (χ4v) is 10.1. The fraction of sp³-hybridized carbons (Fsp3) is 0.333. The Morgan fingerprint density at radius 2 is 1.34 bits per heavy atom. The maximum absolute atomic E-state index is 14.0. The van der Waals surface area contributed by atoms with E-state index in [0.29, 0.717) is 65.3 Å². The maximum Gasteiger partial charge on any atom is 0.276 e. The number of nitrogens with two attached hydrogens (primary N) is 2. The quantitative estimate of drug-likeness (QED) is 0.0508. The van der Waals surface area contributed by atoms with Gasteiger partial charge in [0, 0.05) is 43.9 Å². The highest BCUT2D eigenvalue weighted by atomic mass is 32.2. The van der Waals surface area contributed by atoms with Gasteiger partial charge in [-0.2, -0.15) is 10.2 Å². The van der Waals surface area contributed by atoms with Crippen molar-refractivity contribution in [3.63, 3.8) is 0 Å². The summed E-state index contributed by atoms with van der Waals surface area (Å²) < 4.78 is 47.8. The van der Waals surface area contributed by atoms with Crippen LogP contribution in [0.3, 0.4) is 0 Å². The minimum Gasteiger partial charge on any atom is -0.491 e. The lowest BCUT2D eigenvalue weighted by molar-refractivity contribution is 0.0662. The highest BCUT2D eigenvalue weighted by Crippen LogP contribution is 2.39. The molecule has 6 amide bonds. The zero-order chi connectivity index (χ0) is 51.9. The van der Waals surface area contributed by atoms with Gasteiger partial charge in [0.25, 0.3) is 23.6 Å². The first kappa shape index (κ1) is 49.5. The molecule has 24 nitrogen and oxygen atoms in total. The highest BCUT2D eigenvalue weighted by molar-refractivity contribution is 7.89. The van der Waals surface area contributed by atoms with Crippen LogP contribution in [-0.4, -0.2) is 119 Å². The van der Waals surface area contributed by atoms with Gasteiger partial charge in [0.15, 0.2) is 0 Å². The molecule has 7 N–H and O–H groups in total. The summed E-state index contributed by atoms with van der Waals surface area (Å²) in [4.78, 5) is 88.8. The minimum atomic E-state index is -3.95. The van der Waals surface area contributed by atoms with Crippen LogP contribution < -0.4 is 36.3 Å². The number of anilines is 2. The van der Waals surface area contributed by atoms with E-state index < -0.39 is 57.3 Å². The number of primary amides is 2. The lowest BCUT2D eigenvalue weighted by Gasteiger charge is -2.27. The molecule has 0 unspecified atom stereocenters. The molecule has 2 aliphatic heterocycles. The second-order valence-electron chi connectivity index (χ2n) is 17.5. The third kappa shape index (κ3) is 9.82. The average molecular weight is 1020 g/mol. The predicted molar refractivity (Wildman–Crippen MR) is 265 cm³/mol. The molecule has 380 valence electrons. The highest BCUT2D eigenvalue weighted by Gasteiger charge is 2.36. The van der Waals surface area contributed by atoms with E-state index in [1.54, 1.807) is 52.0 Å². The van der Waals surface area contributed by atoms with Gasteiger partial charge in [0.05, 0.1) is 51.9 Å². The average Bonchev–Trinajstić information content (AvgIpc) is 4.17. The molecule has 73 heavy (non-hydrogen) atoms. The number of carbonyl (C=O) groups excluding carboxylic acids is 6. The van der Waals surface area contributed by atoms with Crippen molar-refractivity contribution in [1.82, 2.24) is 48.3 Å². The zero-order valence-electron chi connectivity index (χ0n) is 40.3. The Kier molecular flexibility index (Phi) is 13.6. The molecular formula is C48H52N14O10S. The summed E-state index contributed by atoms with van der Waals surface area (Å²) in [5.74, 6) is -3.18. The Labute approximate surface area is 417 Å². The van der Waals surface area contributed by atoms with Crippen LogP contribution in [-0.2, 0) is 29.7 Å². The Balaban J connectivity index is 0.972. The van der Waals surface area contributed by atoms with Gasteiger partial charge in [0.2, 0.25) is 33.7 Å². The van der Waals surface area contributed by atoms with Gasteiger partial charge >= 0.3 is 0 Å². The first-order valence-electron chi connectivity index (χ1n) is 23.5. The van der Waals surface area contributed by atoms with Gasteiger partial charge in [-0.05, 0) is 95.5 Å². The van der Waals surface area contributed by atoms with Crippen LogP contribution in [0.15, 0.2) is 60.7 Å². The zero-order valence-corrected chi connectivity index (χ0v) is 41.1. The number of imidazole rings is 2. The molecule has 0 spiro atoms. The van der Waals surface area contributed by atoms with E-state index in [9.17, 15) is 37.2 Å². The van der Waals surface area contributed by atoms with Crippen LogP contribution in [0.2, 0.25) is 0 Å². The summed E-state index contributed by atoms with van der Waals surface area (Å²) in [6, 6.07) is 15.2. The number of rotatable bonds is 21. The molecule has 0 radical (unpaired) electrons. The SMILES string of the molecule is CCn1nc(C)cc1C(=O)Nc1nc2cc(C(N)=O)cc(OCCCNS(=O)(=O)CCN3C(=O)c4ccccc4C3=O)c2n1CCC[C@H]1COc2cc(C(N)=O)cc3nc(NC(=O)c4cc(C)nn4CC)n1c23. The number of sulfonamides is 1. The number of nitrogens with one attached hydrogen (secondary N) is 3. The number of aromatic nitrogens is 8. The van der Waals surface area contributed by atoms with E-state index in [1.165, 1.54) is 36.4 Å². The number of nitrogens with zero attached hydrogens (tertiary/aromatic N) is 9. The van der Waals surface area contributed by atoms with E-state index in [0.717, 1.165) is 4.90 Å². The molecule has 1 atom stereocenters. The first-order valence-corrected chi connectivity index (χ1v) is 25.2. The molecule has 0 saturated heterocycles. The van der Waals surface area contributed by atoms with Crippen molar-refractivity contribution in [2.45, 2.75) is 72.6 Å². The predicted octanol–water partition coefficient (Wildman–Crippen LogP) is 3.54. The van der Waals surface area contributed by atoms with Crippen molar-refractivity contribution in [2.24, 2.45) is 11.5 Å². The molecule has 7 aromatic rings. The number of carbonyl (C=O) groups is 6. The lowest BCUT2D eigenvalue weighted by Crippen LogP contribution is -2.38. The van der Waals surface area contributed by atoms with Crippen LogP contribution in [0.1, 0.15) is 113 Å². The lowest BCUT2D eigenvalue weighted by atomic mass is 10.1. The molecule has 0 bridgehead atoms. The first-order chi connectivity index (χ1) is 34.9. The number of amides is 6. The fourth-order valence-electron chi connectivity index (χ4n) is 9.12. The second-order valence-corrected chi connectivity index (χ2v) is 19.4. The Morgan fingerprint density at radius 1 is 0.767 bits per heavy atom. The summed E-state index contributed by atoms with van der Waals surface area (Å²) in [5.41, 5.74) is 15.6. The summed E-state index contributed by atoms with van der Waals surface area (Å²) in [6.45, 7) is 8.01. The monoisotopic (exact) mass is 1020 g/mol. The number of aryl methyl sites for hydroxylation is 5. The van der Waals surface area contributed by atoms with Crippen LogP contribution >= 0.6 is 0 Å². The van der Waals surface area contributed by atoms with Gasteiger partial charge in [-0.1, -0.05) is 12.1 Å². The van der Waals surface area contributed by atoms with Crippen molar-refractivity contribution >= 4 is 79.4 Å². The molecule has 6 heterocycles. The van der Waals surface area contributed by atoms with E-state index in [2.05, 4.69) is 25.6 Å². The molecule has 3 aromatic carbocycles. The van der Waals surface area contributed by atoms with Crippen molar-refractivity contribution in [3.05, 3.63) is 106 Å². The molecule has 25 heteroatoms. The van der Waals surface area contributed by atoms with Crippen molar-refractivity contribution in [3.8, 4) is 11.5 Å². The van der Waals surface area contributed by atoms with Gasteiger partial charge in [-0.15, -0.1) is 0 Å². The van der Waals surface area contributed by atoms with Gasteiger partial charge < -0.3 is 30.1 Å². The molecule has 9 rings (SSSR count). The van der Waals surface area contributed by atoms with Crippen LogP contribution in [0.5, 0.6) is 11.5 Å². The normalized spacial score (nSPS) is 14.2. The Bertz CT molecular complexity index is 3480. The minimum absolute atomic E-state index is 0.0555. The van der Waals surface area contributed by atoms with Gasteiger partial charge in [-0.3, -0.25) is 53.7 Å². The van der Waals surface area contributed by atoms with Crippen molar-refractivity contribution < 1.29 is 46.7 Å². The van der Waals surface area contributed by atoms with Gasteiger partial charge in [0.1, 0.15) is 40.5 Å². The van der Waals surface area contributed by atoms with E-state index in [-0.39, 0.29) is 90.4 Å². The Morgan fingerprint density at radius 3 is 1.95 bits per heavy atom. The smallest absolute Gasteiger partial charge is 0.276 e. The molecule has 2 aliphatic rings. The standard InChI is InChI=1S/C48H52N14O10S/c1-5-60-35(19-26(3)56-60)43(65)54-47-52-33-21-28(41(49)63)23-37(71-17-10-14-51-73(69,70)18-16-59-45(67)31-12-7-8-13-32(31)46(59)68)39(33)58(47)15-9-11-30-25-72-38-24-29(42(50)64)22-34-40(38)62(30)48(53-34)55-44(66)36-20-27(4)57-61(36)6-2/h7-8,12-13,19-24,30,51H,5-6,9-11,14-18,25H2,1-4H3,(H2,49,63)(H2,50,64)(H,52,54,65)(H,53,55,66)/t30-/m0/s1. The molecule has 0 aliphatic carbocycles. The second kappa shape index (κ2) is 20.0. The van der Waals surface area contributed by atoms with E-state index in [4.69, 9.17) is 30.9 Å². The number of benzene rings is 3. The molecule has 0 fully saturated rings. The van der Waals surface area contributed by atoms with Crippen molar-refractivity contribution in [1.29, 1.82) is 0 Å². The van der Waals surface area contributed by atoms with Gasteiger partial charge in [-0.25, -0.2) is 23.1 Å². The van der Waals surface area contributed by atoms with Crippen LogP contribution in [0.25, 0.3) is 22.1 Å². The van der Waals surface area contributed by atoms with Crippen LogP contribution in [0.4, 0.5) is 11.9 Å². The maximum atomic E-state index is 14.0. The summed E-state index contributed by atoms with van der Waals surface area (Å²) in [6.07, 6.45) is 0.960.